The molecule has 1 fully saturated rings. The summed E-state index contributed by atoms with van der Waals surface area (Å²) in [5, 5.41) is 9.11. The molecule has 0 radical (unpaired) electrons. The van der Waals surface area contributed by atoms with Gasteiger partial charge in [0.1, 0.15) is 24.2 Å². The standard InChI is InChI=1S/C18H19N5O3S/c1-3-19-4-2-13(1)26-14-9-16(25-12-15-10-20-5-7-24-15)17(22-11-14)23-18-21-6-8-27-18/h1-4,6,8-9,11,15,20H,5,7,10,12H2,(H,21,22,23). The first-order chi connectivity index (χ1) is 13.4. The quantitative estimate of drug-likeness (QED) is 0.642. The molecule has 0 aliphatic carbocycles. The van der Waals surface area contributed by atoms with E-state index in [2.05, 4.69) is 25.6 Å². The molecule has 1 aliphatic rings. The van der Waals surface area contributed by atoms with Crippen molar-refractivity contribution in [3.63, 3.8) is 0 Å². The van der Waals surface area contributed by atoms with E-state index in [-0.39, 0.29) is 6.10 Å². The summed E-state index contributed by atoms with van der Waals surface area (Å²) in [4.78, 5) is 12.7. The second-order valence-electron chi connectivity index (χ2n) is 5.77. The van der Waals surface area contributed by atoms with Crippen LogP contribution in [0.4, 0.5) is 10.9 Å². The van der Waals surface area contributed by atoms with Gasteiger partial charge in [0.05, 0.1) is 12.8 Å². The van der Waals surface area contributed by atoms with Gasteiger partial charge in [-0.3, -0.25) is 4.98 Å². The van der Waals surface area contributed by atoms with E-state index in [4.69, 9.17) is 14.2 Å². The number of morpholine rings is 1. The van der Waals surface area contributed by atoms with E-state index in [1.54, 1.807) is 43.0 Å². The fourth-order valence-electron chi connectivity index (χ4n) is 2.52. The first-order valence-corrected chi connectivity index (χ1v) is 9.44. The lowest BCUT2D eigenvalue weighted by atomic mass is 10.3. The van der Waals surface area contributed by atoms with Crippen molar-refractivity contribution in [2.75, 3.05) is 31.6 Å². The Labute approximate surface area is 160 Å². The van der Waals surface area contributed by atoms with E-state index in [0.29, 0.717) is 36.3 Å². The number of aromatic nitrogens is 3. The summed E-state index contributed by atoms with van der Waals surface area (Å²) < 4.78 is 17.5. The zero-order chi connectivity index (χ0) is 18.3. The Morgan fingerprint density at radius 1 is 1.22 bits per heavy atom. The molecule has 9 heteroatoms. The molecule has 0 bridgehead atoms. The fourth-order valence-corrected chi connectivity index (χ4v) is 3.05. The predicted molar refractivity (Wildman–Crippen MR) is 102 cm³/mol. The van der Waals surface area contributed by atoms with E-state index < -0.39 is 0 Å². The number of rotatable bonds is 7. The Kier molecular flexibility index (Phi) is 5.73. The van der Waals surface area contributed by atoms with Crippen LogP contribution >= 0.6 is 11.3 Å². The van der Waals surface area contributed by atoms with Crippen molar-refractivity contribution in [3.05, 3.63) is 48.4 Å². The van der Waals surface area contributed by atoms with Gasteiger partial charge in [0.25, 0.3) is 0 Å². The van der Waals surface area contributed by atoms with Crippen LogP contribution in [-0.4, -0.2) is 47.4 Å². The predicted octanol–water partition coefficient (Wildman–Crippen LogP) is 2.84. The number of nitrogens with zero attached hydrogens (tertiary/aromatic N) is 3. The van der Waals surface area contributed by atoms with Gasteiger partial charge in [-0.2, -0.15) is 0 Å². The van der Waals surface area contributed by atoms with Crippen LogP contribution in [0.25, 0.3) is 0 Å². The molecule has 1 saturated heterocycles. The van der Waals surface area contributed by atoms with Gasteiger partial charge in [-0.05, 0) is 12.1 Å². The summed E-state index contributed by atoms with van der Waals surface area (Å²) in [5.74, 6) is 2.41. The van der Waals surface area contributed by atoms with Gasteiger partial charge in [0, 0.05) is 43.1 Å². The van der Waals surface area contributed by atoms with E-state index in [1.807, 2.05) is 5.38 Å². The molecule has 0 aromatic carbocycles. The maximum atomic E-state index is 6.00. The van der Waals surface area contributed by atoms with Gasteiger partial charge in [0.15, 0.2) is 16.7 Å². The van der Waals surface area contributed by atoms with E-state index in [0.717, 1.165) is 18.2 Å². The van der Waals surface area contributed by atoms with Crippen LogP contribution in [-0.2, 0) is 4.74 Å². The summed E-state index contributed by atoms with van der Waals surface area (Å²) in [6.07, 6.45) is 6.71. The molecule has 4 rings (SSSR count). The molecule has 1 atom stereocenters. The molecule has 3 aromatic heterocycles. The average Bonchev–Trinajstić information content (AvgIpc) is 3.23. The molecular weight excluding hydrogens is 366 g/mol. The number of ether oxygens (including phenoxy) is 3. The minimum Gasteiger partial charge on any atom is -0.487 e. The van der Waals surface area contributed by atoms with Crippen LogP contribution in [0.3, 0.4) is 0 Å². The van der Waals surface area contributed by atoms with Crippen LogP contribution in [0.1, 0.15) is 0 Å². The average molecular weight is 385 g/mol. The number of thiazole rings is 1. The largest absolute Gasteiger partial charge is 0.487 e. The van der Waals surface area contributed by atoms with Gasteiger partial charge in [0.2, 0.25) is 0 Å². The highest BCUT2D eigenvalue weighted by Crippen LogP contribution is 2.32. The third kappa shape index (κ3) is 4.91. The zero-order valence-corrected chi connectivity index (χ0v) is 15.3. The van der Waals surface area contributed by atoms with Gasteiger partial charge in [-0.25, -0.2) is 9.97 Å². The molecule has 0 amide bonds. The van der Waals surface area contributed by atoms with E-state index >= 15 is 0 Å². The summed E-state index contributed by atoms with van der Waals surface area (Å²) in [7, 11) is 0. The molecule has 4 heterocycles. The molecule has 0 spiro atoms. The number of hydrogen-bond acceptors (Lipinski definition) is 9. The van der Waals surface area contributed by atoms with Crippen molar-refractivity contribution in [3.8, 4) is 17.2 Å². The fraction of sp³-hybridized carbons (Fsp3) is 0.278. The smallest absolute Gasteiger partial charge is 0.188 e. The van der Waals surface area contributed by atoms with E-state index in [9.17, 15) is 0 Å². The van der Waals surface area contributed by atoms with Gasteiger partial charge in [-0.1, -0.05) is 0 Å². The van der Waals surface area contributed by atoms with Crippen molar-refractivity contribution < 1.29 is 14.2 Å². The Morgan fingerprint density at radius 2 is 2.15 bits per heavy atom. The molecular formula is C18H19N5O3S. The van der Waals surface area contributed by atoms with Crippen molar-refractivity contribution in [1.29, 1.82) is 0 Å². The minimum absolute atomic E-state index is 0.00349. The number of hydrogen-bond donors (Lipinski definition) is 2. The van der Waals surface area contributed by atoms with Crippen molar-refractivity contribution >= 4 is 22.3 Å². The minimum atomic E-state index is -0.00349. The third-order valence-corrected chi connectivity index (χ3v) is 4.49. The SMILES string of the molecule is c1cc(Oc2cnc(Nc3nccs3)c(OCC3CNCCO3)c2)ccn1. The molecule has 2 N–H and O–H groups in total. The summed E-state index contributed by atoms with van der Waals surface area (Å²) in [6.45, 7) is 2.72. The van der Waals surface area contributed by atoms with Crippen molar-refractivity contribution in [2.45, 2.75) is 6.10 Å². The molecule has 0 saturated carbocycles. The maximum absolute atomic E-state index is 6.00. The second-order valence-corrected chi connectivity index (χ2v) is 6.67. The van der Waals surface area contributed by atoms with Gasteiger partial charge >= 0.3 is 0 Å². The van der Waals surface area contributed by atoms with Crippen molar-refractivity contribution in [1.82, 2.24) is 20.3 Å². The summed E-state index contributed by atoms with van der Waals surface area (Å²) in [5.41, 5.74) is 0. The lowest BCUT2D eigenvalue weighted by molar-refractivity contribution is 0.000262. The molecule has 8 nitrogen and oxygen atoms in total. The maximum Gasteiger partial charge on any atom is 0.188 e. The summed E-state index contributed by atoms with van der Waals surface area (Å²) in [6, 6.07) is 5.37. The normalized spacial score (nSPS) is 16.7. The topological polar surface area (TPSA) is 90.4 Å². The lowest BCUT2D eigenvalue weighted by Crippen LogP contribution is -2.41. The highest BCUT2D eigenvalue weighted by molar-refractivity contribution is 7.13. The zero-order valence-electron chi connectivity index (χ0n) is 14.5. The first kappa shape index (κ1) is 17.7. The molecule has 1 unspecified atom stereocenters. The van der Waals surface area contributed by atoms with E-state index in [1.165, 1.54) is 11.3 Å². The van der Waals surface area contributed by atoms with Crippen LogP contribution in [0, 0.1) is 0 Å². The highest BCUT2D eigenvalue weighted by atomic mass is 32.1. The Bertz CT molecular complexity index is 841. The third-order valence-electron chi connectivity index (χ3n) is 3.80. The molecule has 140 valence electrons. The number of anilines is 2. The highest BCUT2D eigenvalue weighted by Gasteiger charge is 2.16. The summed E-state index contributed by atoms with van der Waals surface area (Å²) >= 11 is 1.49. The van der Waals surface area contributed by atoms with Crippen LogP contribution in [0.5, 0.6) is 17.2 Å². The molecule has 1 aliphatic heterocycles. The molecule has 27 heavy (non-hydrogen) atoms. The Hall–Kier alpha value is -2.75. The Balaban J connectivity index is 1.52. The first-order valence-electron chi connectivity index (χ1n) is 8.56. The van der Waals surface area contributed by atoms with Gasteiger partial charge < -0.3 is 24.8 Å². The van der Waals surface area contributed by atoms with Crippen LogP contribution in [0.15, 0.2) is 48.4 Å². The van der Waals surface area contributed by atoms with Crippen LogP contribution in [0.2, 0.25) is 0 Å². The number of nitrogens with one attached hydrogen (secondary N) is 2. The Morgan fingerprint density at radius 3 is 2.93 bits per heavy atom. The molecule has 3 aromatic rings. The van der Waals surface area contributed by atoms with Crippen molar-refractivity contribution in [2.24, 2.45) is 0 Å². The lowest BCUT2D eigenvalue weighted by Gasteiger charge is -2.24. The monoisotopic (exact) mass is 385 g/mol. The van der Waals surface area contributed by atoms with Gasteiger partial charge in [-0.15, -0.1) is 11.3 Å². The van der Waals surface area contributed by atoms with Crippen LogP contribution < -0.4 is 20.1 Å². The second kappa shape index (κ2) is 8.76. The number of pyridine rings is 2.